The second-order valence-electron chi connectivity index (χ2n) is 5.19. The normalized spacial score (nSPS) is 17.3. The van der Waals surface area contributed by atoms with E-state index in [0.717, 1.165) is 5.56 Å². The van der Waals surface area contributed by atoms with Crippen LogP contribution in [0.1, 0.15) is 18.1 Å². The van der Waals surface area contributed by atoms with Gasteiger partial charge in [-0.3, -0.25) is 9.69 Å². The second-order valence-corrected chi connectivity index (χ2v) is 5.19. The molecule has 1 aliphatic heterocycles. The third kappa shape index (κ3) is 3.78. The van der Waals surface area contributed by atoms with Gasteiger partial charge in [-0.2, -0.15) is 5.26 Å². The predicted octanol–water partition coefficient (Wildman–Crippen LogP) is 0.722. The number of piperazine rings is 1. The second kappa shape index (κ2) is 6.66. The minimum atomic E-state index is -0.973. The molecule has 2 rings (SSSR count). The van der Waals surface area contributed by atoms with Crippen molar-refractivity contribution in [2.75, 3.05) is 26.2 Å². The number of hydrogen-bond donors (Lipinski definition) is 1. The van der Waals surface area contributed by atoms with E-state index in [4.69, 9.17) is 5.26 Å². The Morgan fingerprint density at radius 3 is 2.67 bits per heavy atom. The Morgan fingerprint density at radius 2 is 2.10 bits per heavy atom. The molecule has 1 N–H and O–H groups in total. The van der Waals surface area contributed by atoms with Crippen LogP contribution in [0.5, 0.6) is 0 Å². The molecule has 0 aliphatic carbocycles. The molecule has 1 fully saturated rings. The van der Waals surface area contributed by atoms with Crippen LogP contribution in [-0.4, -0.2) is 53.1 Å². The Kier molecular flexibility index (Phi) is 4.89. The number of aliphatic hydroxyl groups is 1. The fourth-order valence-electron chi connectivity index (χ4n) is 2.42. The molecule has 0 bridgehead atoms. The Balaban J connectivity index is 1.95. The van der Waals surface area contributed by atoms with Gasteiger partial charge in [-0.25, -0.2) is 4.39 Å². The van der Waals surface area contributed by atoms with Gasteiger partial charge >= 0.3 is 0 Å². The van der Waals surface area contributed by atoms with Crippen LogP contribution >= 0.6 is 0 Å². The average molecular weight is 291 g/mol. The fourth-order valence-corrected chi connectivity index (χ4v) is 2.42. The van der Waals surface area contributed by atoms with Gasteiger partial charge in [-0.1, -0.05) is 6.07 Å². The third-order valence-electron chi connectivity index (χ3n) is 3.63. The maximum absolute atomic E-state index is 13.1. The SMILES string of the molecule is CC(O)C(=O)N1CCN(Cc2ccc(F)cc2C#N)CC1. The average Bonchev–Trinajstić information content (AvgIpc) is 2.49. The number of nitriles is 1. The summed E-state index contributed by atoms with van der Waals surface area (Å²) in [7, 11) is 0. The van der Waals surface area contributed by atoms with E-state index in [1.165, 1.54) is 19.1 Å². The lowest BCUT2D eigenvalue weighted by Gasteiger charge is -2.35. The van der Waals surface area contributed by atoms with E-state index < -0.39 is 11.9 Å². The van der Waals surface area contributed by atoms with Gasteiger partial charge in [0.05, 0.1) is 11.6 Å². The van der Waals surface area contributed by atoms with Crippen molar-refractivity contribution in [3.8, 4) is 6.07 Å². The highest BCUT2D eigenvalue weighted by Gasteiger charge is 2.24. The lowest BCUT2D eigenvalue weighted by atomic mass is 10.1. The first kappa shape index (κ1) is 15.4. The lowest BCUT2D eigenvalue weighted by Crippen LogP contribution is -2.50. The van der Waals surface area contributed by atoms with Crippen LogP contribution in [0, 0.1) is 17.1 Å². The van der Waals surface area contributed by atoms with Crippen molar-refractivity contribution in [1.29, 1.82) is 5.26 Å². The number of benzene rings is 1. The fraction of sp³-hybridized carbons (Fsp3) is 0.467. The highest BCUT2D eigenvalue weighted by atomic mass is 19.1. The Labute approximate surface area is 123 Å². The zero-order valence-electron chi connectivity index (χ0n) is 11.9. The lowest BCUT2D eigenvalue weighted by molar-refractivity contribution is -0.141. The smallest absolute Gasteiger partial charge is 0.251 e. The summed E-state index contributed by atoms with van der Waals surface area (Å²) in [6, 6.07) is 6.22. The first-order valence-corrected chi connectivity index (χ1v) is 6.89. The summed E-state index contributed by atoms with van der Waals surface area (Å²) in [5, 5.41) is 18.3. The summed E-state index contributed by atoms with van der Waals surface area (Å²) < 4.78 is 13.1. The van der Waals surface area contributed by atoms with Gasteiger partial charge in [-0.15, -0.1) is 0 Å². The first-order chi connectivity index (χ1) is 10.0. The van der Waals surface area contributed by atoms with Gasteiger partial charge in [0.15, 0.2) is 0 Å². The summed E-state index contributed by atoms with van der Waals surface area (Å²) in [5.41, 5.74) is 1.13. The van der Waals surface area contributed by atoms with E-state index in [2.05, 4.69) is 4.90 Å². The molecule has 0 aromatic heterocycles. The van der Waals surface area contributed by atoms with E-state index in [9.17, 15) is 14.3 Å². The number of nitrogens with zero attached hydrogens (tertiary/aromatic N) is 3. The van der Waals surface area contributed by atoms with E-state index in [-0.39, 0.29) is 5.91 Å². The number of halogens is 1. The van der Waals surface area contributed by atoms with E-state index in [0.29, 0.717) is 38.3 Å². The molecule has 1 aromatic rings. The molecule has 21 heavy (non-hydrogen) atoms. The summed E-state index contributed by atoms with van der Waals surface area (Å²) >= 11 is 0. The van der Waals surface area contributed by atoms with Crippen molar-refractivity contribution in [3.63, 3.8) is 0 Å². The molecule has 1 unspecified atom stereocenters. The van der Waals surface area contributed by atoms with Crippen LogP contribution < -0.4 is 0 Å². The third-order valence-corrected chi connectivity index (χ3v) is 3.63. The van der Waals surface area contributed by atoms with E-state index in [1.54, 1.807) is 11.0 Å². The molecular weight excluding hydrogens is 273 g/mol. The maximum Gasteiger partial charge on any atom is 0.251 e. The molecule has 0 saturated carbocycles. The molecule has 1 heterocycles. The zero-order chi connectivity index (χ0) is 15.4. The summed E-state index contributed by atoms with van der Waals surface area (Å²) in [6.45, 7) is 4.45. The number of aliphatic hydroxyl groups excluding tert-OH is 1. The standard InChI is InChI=1S/C15H18FN3O2/c1-11(20)15(21)19-6-4-18(5-7-19)10-12-2-3-14(16)8-13(12)9-17/h2-3,8,11,20H,4-7,10H2,1H3. The Morgan fingerprint density at radius 1 is 1.43 bits per heavy atom. The van der Waals surface area contributed by atoms with Crippen molar-refractivity contribution in [2.45, 2.75) is 19.6 Å². The molecule has 1 aliphatic rings. The van der Waals surface area contributed by atoms with Gasteiger partial charge in [0.2, 0.25) is 0 Å². The Bertz CT molecular complexity index is 561. The van der Waals surface area contributed by atoms with Crippen LogP contribution in [0.4, 0.5) is 4.39 Å². The minimum absolute atomic E-state index is 0.255. The Hall–Kier alpha value is -1.97. The number of rotatable bonds is 3. The first-order valence-electron chi connectivity index (χ1n) is 6.89. The van der Waals surface area contributed by atoms with Crippen LogP contribution in [0.3, 0.4) is 0 Å². The van der Waals surface area contributed by atoms with Crippen LogP contribution in [-0.2, 0) is 11.3 Å². The van der Waals surface area contributed by atoms with Crippen molar-refractivity contribution in [2.24, 2.45) is 0 Å². The molecular formula is C15H18FN3O2. The number of carbonyl (C=O) groups excluding carboxylic acids is 1. The van der Waals surface area contributed by atoms with E-state index in [1.807, 2.05) is 6.07 Å². The largest absolute Gasteiger partial charge is 0.384 e. The van der Waals surface area contributed by atoms with Crippen molar-refractivity contribution in [3.05, 3.63) is 35.1 Å². The minimum Gasteiger partial charge on any atom is -0.384 e. The van der Waals surface area contributed by atoms with Crippen molar-refractivity contribution < 1.29 is 14.3 Å². The van der Waals surface area contributed by atoms with Gasteiger partial charge in [0.25, 0.3) is 5.91 Å². The maximum atomic E-state index is 13.1. The summed E-state index contributed by atoms with van der Waals surface area (Å²) in [6.07, 6.45) is -0.973. The molecule has 1 saturated heterocycles. The molecule has 0 radical (unpaired) electrons. The highest BCUT2D eigenvalue weighted by molar-refractivity contribution is 5.80. The van der Waals surface area contributed by atoms with Crippen molar-refractivity contribution in [1.82, 2.24) is 9.80 Å². The quantitative estimate of drug-likeness (QED) is 0.891. The number of amides is 1. The van der Waals surface area contributed by atoms with Gasteiger partial charge < -0.3 is 10.0 Å². The molecule has 112 valence electrons. The topological polar surface area (TPSA) is 67.6 Å². The van der Waals surface area contributed by atoms with Crippen LogP contribution in [0.25, 0.3) is 0 Å². The van der Waals surface area contributed by atoms with Crippen LogP contribution in [0.2, 0.25) is 0 Å². The van der Waals surface area contributed by atoms with Crippen molar-refractivity contribution >= 4 is 5.91 Å². The summed E-state index contributed by atoms with van der Waals surface area (Å²) in [5.74, 6) is -0.670. The van der Waals surface area contributed by atoms with Gasteiger partial charge in [0.1, 0.15) is 11.9 Å². The van der Waals surface area contributed by atoms with E-state index >= 15 is 0 Å². The molecule has 5 nitrogen and oxygen atoms in total. The number of hydrogen-bond acceptors (Lipinski definition) is 4. The van der Waals surface area contributed by atoms with Crippen LogP contribution in [0.15, 0.2) is 18.2 Å². The monoisotopic (exact) mass is 291 g/mol. The molecule has 1 amide bonds. The molecule has 0 spiro atoms. The summed E-state index contributed by atoms with van der Waals surface area (Å²) in [4.78, 5) is 15.4. The molecule has 1 aromatic carbocycles. The molecule has 6 heteroatoms. The predicted molar refractivity (Wildman–Crippen MR) is 74.7 cm³/mol. The van der Waals surface area contributed by atoms with Gasteiger partial charge in [-0.05, 0) is 24.6 Å². The zero-order valence-corrected chi connectivity index (χ0v) is 11.9. The van der Waals surface area contributed by atoms with Gasteiger partial charge in [0, 0.05) is 32.7 Å². The highest BCUT2D eigenvalue weighted by Crippen LogP contribution is 2.14. The molecule has 1 atom stereocenters. The number of carbonyl (C=O) groups is 1.